The molecule has 33 heavy (non-hydrogen) atoms. The van der Waals surface area contributed by atoms with Crippen molar-refractivity contribution in [3.63, 3.8) is 0 Å². The molecule has 0 atom stereocenters. The van der Waals surface area contributed by atoms with Crippen molar-refractivity contribution >= 4 is 37.8 Å². The average molecular weight is 574 g/mol. The predicted molar refractivity (Wildman–Crippen MR) is 132 cm³/mol. The van der Waals surface area contributed by atoms with E-state index < -0.39 is 5.60 Å². The Morgan fingerprint density at radius 3 is 1.82 bits per heavy atom. The first-order chi connectivity index (χ1) is 15.7. The van der Waals surface area contributed by atoms with Crippen LogP contribution in [0, 0.1) is 0 Å². The van der Waals surface area contributed by atoms with Gasteiger partial charge < -0.3 is 18.9 Å². The number of halogens is 2. The second-order valence-corrected chi connectivity index (χ2v) is 10.3. The number of fused-ring (bicyclic) bond motifs is 6. The van der Waals surface area contributed by atoms with Gasteiger partial charge in [0.05, 0.1) is 26.7 Å². The fourth-order valence-corrected chi connectivity index (χ4v) is 5.23. The molecule has 3 aromatic carbocycles. The number of rotatable bonds is 4. The molecule has 0 N–H and O–H groups in total. The van der Waals surface area contributed by atoms with E-state index in [-0.39, 0.29) is 18.2 Å². The molecule has 2 aliphatic rings. The standard InChI is InChI=1S/C26H22Br2O5/c1-13(2)30-23-11-21-17(9-19(23)27)26(16-8-6-5-7-15(16)25(29)33-26)18-10-20(28)24(31-14(3)4)12-22(18)32-21/h5-14H,1-4H3. The Morgan fingerprint density at radius 2 is 1.30 bits per heavy atom. The van der Waals surface area contributed by atoms with Gasteiger partial charge in [0, 0.05) is 28.8 Å². The van der Waals surface area contributed by atoms with Gasteiger partial charge >= 0.3 is 5.97 Å². The van der Waals surface area contributed by atoms with E-state index in [0.29, 0.717) is 28.6 Å². The lowest BCUT2D eigenvalue weighted by atomic mass is 9.77. The quantitative estimate of drug-likeness (QED) is 0.305. The molecule has 0 aliphatic carbocycles. The van der Waals surface area contributed by atoms with Crippen LogP contribution in [0.5, 0.6) is 23.0 Å². The molecule has 0 saturated heterocycles. The topological polar surface area (TPSA) is 54.0 Å². The number of carbonyl (C=O) groups is 1. The van der Waals surface area contributed by atoms with E-state index >= 15 is 0 Å². The van der Waals surface area contributed by atoms with Crippen molar-refractivity contribution < 1.29 is 23.7 Å². The summed E-state index contributed by atoms with van der Waals surface area (Å²) in [6.45, 7) is 7.86. The van der Waals surface area contributed by atoms with Gasteiger partial charge in [-0.15, -0.1) is 0 Å². The first-order valence-corrected chi connectivity index (χ1v) is 12.3. The van der Waals surface area contributed by atoms with E-state index in [2.05, 4.69) is 31.9 Å². The number of hydrogen-bond donors (Lipinski definition) is 0. The van der Waals surface area contributed by atoms with Gasteiger partial charge in [0.2, 0.25) is 0 Å². The van der Waals surface area contributed by atoms with Crippen molar-refractivity contribution in [2.45, 2.75) is 45.5 Å². The van der Waals surface area contributed by atoms with Crippen molar-refractivity contribution in [1.82, 2.24) is 0 Å². The van der Waals surface area contributed by atoms with Crippen molar-refractivity contribution in [1.29, 1.82) is 0 Å². The van der Waals surface area contributed by atoms with Crippen molar-refractivity contribution in [3.05, 3.63) is 79.7 Å². The van der Waals surface area contributed by atoms with Gasteiger partial charge in [0.15, 0.2) is 5.60 Å². The predicted octanol–water partition coefficient (Wildman–Crippen LogP) is 7.35. The van der Waals surface area contributed by atoms with Crippen molar-refractivity contribution in [2.24, 2.45) is 0 Å². The summed E-state index contributed by atoms with van der Waals surface area (Å²) < 4.78 is 26.0. The molecule has 7 heteroatoms. The maximum atomic E-state index is 13.0. The Bertz CT molecular complexity index is 1220. The van der Waals surface area contributed by atoms with Gasteiger partial charge in [-0.3, -0.25) is 0 Å². The fraction of sp³-hybridized carbons (Fsp3) is 0.269. The minimum atomic E-state index is -1.16. The molecule has 0 radical (unpaired) electrons. The van der Waals surface area contributed by atoms with Crippen LogP contribution in [-0.4, -0.2) is 18.2 Å². The highest BCUT2D eigenvalue weighted by molar-refractivity contribution is 9.10. The third-order valence-corrected chi connectivity index (χ3v) is 6.78. The maximum absolute atomic E-state index is 13.0. The molecular weight excluding hydrogens is 552 g/mol. The number of ether oxygens (including phenoxy) is 4. The lowest BCUT2D eigenvalue weighted by Gasteiger charge is -2.37. The van der Waals surface area contributed by atoms with Crippen molar-refractivity contribution in [3.8, 4) is 23.0 Å². The molecule has 0 saturated carbocycles. The van der Waals surface area contributed by atoms with Gasteiger partial charge in [-0.25, -0.2) is 4.79 Å². The lowest BCUT2D eigenvalue weighted by Crippen LogP contribution is -2.33. The molecule has 0 amide bonds. The molecule has 0 fully saturated rings. The summed E-state index contributed by atoms with van der Waals surface area (Å²) in [5, 5.41) is 0. The van der Waals surface area contributed by atoms with E-state index in [1.54, 1.807) is 6.07 Å². The van der Waals surface area contributed by atoms with Crippen LogP contribution in [0.1, 0.15) is 54.7 Å². The Morgan fingerprint density at radius 1 is 0.788 bits per heavy atom. The molecule has 1 spiro atoms. The average Bonchev–Trinajstić information content (AvgIpc) is 3.04. The van der Waals surface area contributed by atoms with Crippen LogP contribution in [0.15, 0.2) is 57.5 Å². The zero-order valence-electron chi connectivity index (χ0n) is 18.6. The molecule has 0 bridgehead atoms. The Labute approximate surface area is 209 Å². The molecule has 0 aromatic heterocycles. The van der Waals surface area contributed by atoms with Crippen LogP contribution in [0.2, 0.25) is 0 Å². The highest BCUT2D eigenvalue weighted by atomic mass is 79.9. The van der Waals surface area contributed by atoms with Crippen LogP contribution in [0.4, 0.5) is 0 Å². The molecule has 2 heterocycles. The van der Waals surface area contributed by atoms with Gasteiger partial charge in [0.1, 0.15) is 23.0 Å². The summed E-state index contributed by atoms with van der Waals surface area (Å²) >= 11 is 7.26. The first-order valence-electron chi connectivity index (χ1n) is 10.7. The van der Waals surface area contributed by atoms with E-state index in [1.807, 2.05) is 70.2 Å². The highest BCUT2D eigenvalue weighted by Gasteiger charge is 2.54. The van der Waals surface area contributed by atoms with Crippen molar-refractivity contribution in [2.75, 3.05) is 0 Å². The third-order valence-electron chi connectivity index (χ3n) is 5.54. The van der Waals surface area contributed by atoms with Crippen LogP contribution in [0.25, 0.3) is 0 Å². The molecule has 3 aromatic rings. The third kappa shape index (κ3) is 3.53. The summed E-state index contributed by atoms with van der Waals surface area (Å²) in [7, 11) is 0. The second-order valence-electron chi connectivity index (χ2n) is 8.61. The van der Waals surface area contributed by atoms with Crippen LogP contribution in [-0.2, 0) is 10.3 Å². The zero-order chi connectivity index (χ0) is 23.5. The van der Waals surface area contributed by atoms with E-state index in [0.717, 1.165) is 25.6 Å². The number of esters is 1. The summed E-state index contributed by atoms with van der Waals surface area (Å²) in [5.74, 6) is 2.04. The molecule has 5 rings (SSSR count). The van der Waals surface area contributed by atoms with Crippen LogP contribution < -0.4 is 14.2 Å². The SMILES string of the molecule is CC(C)Oc1cc2c(cc1Br)C1(OC(=O)c3ccccc31)c1cc(Br)c(OC(C)C)cc1O2. The van der Waals surface area contributed by atoms with Gasteiger partial charge in [0.25, 0.3) is 0 Å². The van der Waals surface area contributed by atoms with Gasteiger partial charge in [-0.05, 0) is 77.8 Å². The molecule has 170 valence electrons. The molecule has 5 nitrogen and oxygen atoms in total. The Kier molecular flexibility index (Phi) is 5.45. The fourth-order valence-electron chi connectivity index (χ4n) is 4.36. The summed E-state index contributed by atoms with van der Waals surface area (Å²) in [6.07, 6.45) is -0.0348. The van der Waals surface area contributed by atoms with Gasteiger partial charge in [-0.2, -0.15) is 0 Å². The monoisotopic (exact) mass is 572 g/mol. The smallest absolute Gasteiger partial charge is 0.340 e. The summed E-state index contributed by atoms with van der Waals surface area (Å²) in [6, 6.07) is 15.0. The summed E-state index contributed by atoms with van der Waals surface area (Å²) in [5.41, 5.74) is 1.60. The molecule has 0 unspecified atom stereocenters. The van der Waals surface area contributed by atoms with E-state index in [1.165, 1.54) is 0 Å². The highest BCUT2D eigenvalue weighted by Crippen LogP contribution is 2.58. The van der Waals surface area contributed by atoms with Gasteiger partial charge in [-0.1, -0.05) is 18.2 Å². The number of carbonyl (C=O) groups excluding carboxylic acids is 1. The molecular formula is C26H22Br2O5. The minimum Gasteiger partial charge on any atom is -0.490 e. The largest absolute Gasteiger partial charge is 0.490 e. The lowest BCUT2D eigenvalue weighted by molar-refractivity contribution is 0.0223. The first kappa shape index (κ1) is 22.3. The second kappa shape index (κ2) is 8.06. The van der Waals surface area contributed by atoms with E-state index in [4.69, 9.17) is 18.9 Å². The Hall–Kier alpha value is -2.51. The minimum absolute atomic E-state index is 0.0174. The maximum Gasteiger partial charge on any atom is 0.340 e. The molecule has 2 aliphatic heterocycles. The van der Waals surface area contributed by atoms with E-state index in [9.17, 15) is 4.79 Å². The van der Waals surface area contributed by atoms with Crippen LogP contribution in [0.3, 0.4) is 0 Å². The summed E-state index contributed by atoms with van der Waals surface area (Å²) in [4.78, 5) is 13.0. The number of benzene rings is 3. The zero-order valence-corrected chi connectivity index (χ0v) is 21.7. The van der Waals surface area contributed by atoms with Crippen LogP contribution >= 0.6 is 31.9 Å². The number of hydrogen-bond acceptors (Lipinski definition) is 5. The normalized spacial score (nSPS) is 15.1. The Balaban J connectivity index is 1.81.